The van der Waals surface area contributed by atoms with Gasteiger partial charge in [0.15, 0.2) is 5.82 Å². The Morgan fingerprint density at radius 2 is 1.94 bits per heavy atom. The van der Waals surface area contributed by atoms with Crippen LogP contribution in [0.3, 0.4) is 0 Å². The number of nitrogens with two attached hydrogens (primary N) is 1. The van der Waals surface area contributed by atoms with Gasteiger partial charge in [-0.05, 0) is 36.4 Å². The van der Waals surface area contributed by atoms with Crippen LogP contribution in [0.1, 0.15) is 5.56 Å². The normalized spacial score (nSPS) is 9.61. The molecule has 2 aromatic rings. The van der Waals surface area contributed by atoms with Crippen LogP contribution < -0.4 is 16.0 Å². The fourth-order valence-corrected chi connectivity index (χ4v) is 1.58. The number of aromatic nitrogens is 1. The number of anilines is 1. The Balaban J connectivity index is 2.41. The van der Waals surface area contributed by atoms with E-state index < -0.39 is 0 Å². The lowest BCUT2D eigenvalue weighted by atomic mass is 10.1. The van der Waals surface area contributed by atoms with Gasteiger partial charge in [0.2, 0.25) is 0 Å². The van der Waals surface area contributed by atoms with Crippen LogP contribution in [0.15, 0.2) is 36.4 Å². The zero-order valence-electron chi connectivity index (χ0n) is 9.84. The van der Waals surface area contributed by atoms with Gasteiger partial charge in [0.05, 0.1) is 18.4 Å². The third-order valence-electron chi connectivity index (χ3n) is 2.54. The number of ether oxygens (including phenoxy) is 1. The van der Waals surface area contributed by atoms with Crippen LogP contribution >= 0.6 is 0 Å². The van der Waals surface area contributed by atoms with Gasteiger partial charge in [0, 0.05) is 5.56 Å². The maximum Gasteiger partial charge on any atom is 0.158 e. The van der Waals surface area contributed by atoms with Crippen molar-refractivity contribution in [2.75, 3.05) is 12.5 Å². The van der Waals surface area contributed by atoms with E-state index in [2.05, 4.69) is 10.4 Å². The van der Waals surface area contributed by atoms with E-state index in [1.54, 1.807) is 19.2 Å². The third-order valence-corrected chi connectivity index (χ3v) is 2.54. The Bertz CT molecular complexity index is 587. The quantitative estimate of drug-likeness (QED) is 0.632. The summed E-state index contributed by atoms with van der Waals surface area (Å²) in [5.74, 6) is 6.48. The molecule has 5 heteroatoms. The molecule has 0 radical (unpaired) electrons. The van der Waals surface area contributed by atoms with E-state index in [0.717, 1.165) is 17.0 Å². The van der Waals surface area contributed by atoms with Crippen LogP contribution in [0.25, 0.3) is 11.3 Å². The second-order valence-electron chi connectivity index (χ2n) is 3.58. The van der Waals surface area contributed by atoms with E-state index in [1.165, 1.54) is 0 Å². The first kappa shape index (κ1) is 11.9. The summed E-state index contributed by atoms with van der Waals surface area (Å²) >= 11 is 0. The minimum Gasteiger partial charge on any atom is -0.497 e. The Morgan fingerprint density at radius 1 is 1.22 bits per heavy atom. The van der Waals surface area contributed by atoms with E-state index in [9.17, 15) is 0 Å². The van der Waals surface area contributed by atoms with Crippen LogP contribution in [0.4, 0.5) is 5.82 Å². The van der Waals surface area contributed by atoms with Crippen molar-refractivity contribution in [1.82, 2.24) is 4.98 Å². The molecular weight excluding hydrogens is 228 g/mol. The van der Waals surface area contributed by atoms with E-state index >= 15 is 0 Å². The summed E-state index contributed by atoms with van der Waals surface area (Å²) in [5.41, 5.74) is 4.50. The van der Waals surface area contributed by atoms with Crippen molar-refractivity contribution in [2.24, 2.45) is 5.84 Å². The summed E-state index contributed by atoms with van der Waals surface area (Å²) in [6.45, 7) is 0. The first-order chi connectivity index (χ1) is 8.78. The Morgan fingerprint density at radius 3 is 2.50 bits per heavy atom. The van der Waals surface area contributed by atoms with Crippen LogP contribution in [-0.2, 0) is 0 Å². The number of benzene rings is 1. The third kappa shape index (κ3) is 2.24. The van der Waals surface area contributed by atoms with Crippen LogP contribution in [0.5, 0.6) is 5.75 Å². The molecule has 0 bridgehead atoms. The van der Waals surface area contributed by atoms with E-state index in [4.69, 9.17) is 15.8 Å². The summed E-state index contributed by atoms with van der Waals surface area (Å²) < 4.78 is 5.09. The van der Waals surface area contributed by atoms with Crippen molar-refractivity contribution in [3.63, 3.8) is 0 Å². The van der Waals surface area contributed by atoms with Gasteiger partial charge < -0.3 is 10.2 Å². The fourth-order valence-electron chi connectivity index (χ4n) is 1.58. The fraction of sp³-hybridized carbons (Fsp3) is 0.0769. The first-order valence-electron chi connectivity index (χ1n) is 5.30. The molecule has 0 saturated carbocycles. The van der Waals surface area contributed by atoms with Crippen LogP contribution in [-0.4, -0.2) is 12.1 Å². The number of hydrogen-bond donors (Lipinski definition) is 2. The van der Waals surface area contributed by atoms with Crippen molar-refractivity contribution in [3.05, 3.63) is 42.0 Å². The van der Waals surface area contributed by atoms with Gasteiger partial charge in [-0.25, -0.2) is 10.8 Å². The second-order valence-corrected chi connectivity index (χ2v) is 3.58. The highest BCUT2D eigenvalue weighted by Crippen LogP contribution is 2.23. The molecule has 0 spiro atoms. The predicted octanol–water partition coefficient (Wildman–Crippen LogP) is 1.91. The number of hydrazine groups is 1. The zero-order valence-corrected chi connectivity index (χ0v) is 9.84. The van der Waals surface area contributed by atoms with Gasteiger partial charge in [-0.15, -0.1) is 0 Å². The van der Waals surface area contributed by atoms with E-state index in [1.807, 2.05) is 30.3 Å². The number of nitriles is 1. The van der Waals surface area contributed by atoms with Gasteiger partial charge in [0.25, 0.3) is 0 Å². The highest BCUT2D eigenvalue weighted by molar-refractivity contribution is 5.65. The lowest BCUT2D eigenvalue weighted by Gasteiger charge is -2.06. The Hall–Kier alpha value is -2.58. The van der Waals surface area contributed by atoms with E-state index in [-0.39, 0.29) is 0 Å². The molecule has 1 aromatic heterocycles. The summed E-state index contributed by atoms with van der Waals surface area (Å²) in [6, 6.07) is 13.0. The standard InChI is InChI=1S/C13H12N4O/c1-18-11-5-2-9(3-6-11)12-7-4-10(8-14)13(16-12)17-15/h2-7H,15H2,1H3,(H,16,17). The molecule has 2 rings (SSSR count). The van der Waals surface area contributed by atoms with Crippen molar-refractivity contribution in [2.45, 2.75) is 0 Å². The van der Waals surface area contributed by atoms with Crippen LogP contribution in [0, 0.1) is 11.3 Å². The average molecular weight is 240 g/mol. The topological polar surface area (TPSA) is 84.0 Å². The number of nitrogens with zero attached hydrogens (tertiary/aromatic N) is 2. The second kappa shape index (κ2) is 5.17. The lowest BCUT2D eigenvalue weighted by molar-refractivity contribution is 0.415. The molecule has 0 fully saturated rings. The molecule has 0 aliphatic heterocycles. The van der Waals surface area contributed by atoms with Crippen molar-refractivity contribution >= 4 is 5.82 Å². The lowest BCUT2D eigenvalue weighted by Crippen LogP contribution is -2.10. The average Bonchev–Trinajstić information content (AvgIpc) is 2.46. The summed E-state index contributed by atoms with van der Waals surface area (Å²) in [7, 11) is 1.62. The molecule has 0 aliphatic carbocycles. The zero-order chi connectivity index (χ0) is 13.0. The number of nitrogens with one attached hydrogen (secondary N) is 1. The minimum atomic E-state index is 0.366. The highest BCUT2D eigenvalue weighted by Gasteiger charge is 2.06. The molecule has 0 aliphatic rings. The number of nitrogen functional groups attached to an aromatic ring is 1. The number of rotatable bonds is 3. The SMILES string of the molecule is COc1ccc(-c2ccc(C#N)c(NN)n2)cc1. The van der Waals surface area contributed by atoms with Gasteiger partial charge in [0.1, 0.15) is 11.8 Å². The van der Waals surface area contributed by atoms with Gasteiger partial charge in [-0.2, -0.15) is 5.26 Å². The molecule has 18 heavy (non-hydrogen) atoms. The Kier molecular flexibility index (Phi) is 3.41. The highest BCUT2D eigenvalue weighted by atomic mass is 16.5. The maximum atomic E-state index is 8.88. The minimum absolute atomic E-state index is 0.366. The summed E-state index contributed by atoms with van der Waals surface area (Å²) in [4.78, 5) is 4.29. The maximum absolute atomic E-state index is 8.88. The van der Waals surface area contributed by atoms with Crippen molar-refractivity contribution in [1.29, 1.82) is 5.26 Å². The van der Waals surface area contributed by atoms with Gasteiger partial charge in [-0.3, -0.25) is 0 Å². The molecule has 5 nitrogen and oxygen atoms in total. The molecule has 90 valence electrons. The van der Waals surface area contributed by atoms with Crippen LogP contribution in [0.2, 0.25) is 0 Å². The molecule has 0 amide bonds. The molecular formula is C13H12N4O. The molecule has 3 N–H and O–H groups in total. The molecule has 0 atom stereocenters. The number of methoxy groups -OCH3 is 1. The first-order valence-corrected chi connectivity index (χ1v) is 5.30. The Labute approximate surface area is 105 Å². The van der Waals surface area contributed by atoms with Gasteiger partial charge >= 0.3 is 0 Å². The monoisotopic (exact) mass is 240 g/mol. The summed E-state index contributed by atoms with van der Waals surface area (Å²) in [6.07, 6.45) is 0. The number of pyridine rings is 1. The van der Waals surface area contributed by atoms with Crippen molar-refractivity contribution in [3.8, 4) is 23.1 Å². The molecule has 1 heterocycles. The number of hydrogen-bond acceptors (Lipinski definition) is 5. The van der Waals surface area contributed by atoms with E-state index in [0.29, 0.717) is 11.4 Å². The largest absolute Gasteiger partial charge is 0.497 e. The molecule has 0 unspecified atom stereocenters. The smallest absolute Gasteiger partial charge is 0.158 e. The molecule has 0 saturated heterocycles. The summed E-state index contributed by atoms with van der Waals surface area (Å²) in [5, 5.41) is 8.88. The predicted molar refractivity (Wildman–Crippen MR) is 68.8 cm³/mol. The van der Waals surface area contributed by atoms with Crippen molar-refractivity contribution < 1.29 is 4.74 Å². The van der Waals surface area contributed by atoms with Gasteiger partial charge in [-0.1, -0.05) is 0 Å². The molecule has 1 aromatic carbocycles.